The molecule has 0 spiro atoms. The van der Waals surface area contributed by atoms with Gasteiger partial charge in [-0.25, -0.2) is 4.98 Å². The average Bonchev–Trinajstić information content (AvgIpc) is 2.95. The van der Waals surface area contributed by atoms with Crippen molar-refractivity contribution in [1.29, 1.82) is 0 Å². The zero-order valence-corrected chi connectivity index (χ0v) is 10.4. The fraction of sp³-hybridized carbons (Fsp3) is 0. The van der Waals surface area contributed by atoms with E-state index in [2.05, 4.69) is 44.9 Å². The van der Waals surface area contributed by atoms with Crippen LogP contribution in [0.25, 0.3) is 10.4 Å². The molecule has 88 valence electrons. The van der Waals surface area contributed by atoms with Gasteiger partial charge in [0.2, 0.25) is 0 Å². The molecule has 0 saturated heterocycles. The molecule has 0 unspecified atom stereocenters. The third-order valence-corrected chi connectivity index (χ3v) is 3.45. The summed E-state index contributed by atoms with van der Waals surface area (Å²) in [6, 6.07) is 12.5. The van der Waals surface area contributed by atoms with Crippen molar-refractivity contribution in [2.24, 2.45) is 0 Å². The van der Waals surface area contributed by atoms with E-state index in [9.17, 15) is 0 Å². The van der Waals surface area contributed by atoms with E-state index in [4.69, 9.17) is 0 Å². The third kappa shape index (κ3) is 2.38. The van der Waals surface area contributed by atoms with Gasteiger partial charge in [0.25, 0.3) is 0 Å². The summed E-state index contributed by atoms with van der Waals surface area (Å²) in [5.41, 5.74) is 2.24. The van der Waals surface area contributed by atoms with Gasteiger partial charge in [-0.3, -0.25) is 4.98 Å². The van der Waals surface area contributed by atoms with Crippen LogP contribution in [0.3, 0.4) is 0 Å². The quantitative estimate of drug-likeness (QED) is 0.768. The van der Waals surface area contributed by atoms with E-state index in [0.29, 0.717) is 0 Å². The molecule has 0 bridgehead atoms. The first-order valence-corrected chi connectivity index (χ1v) is 6.47. The van der Waals surface area contributed by atoms with E-state index in [-0.39, 0.29) is 0 Å². The van der Waals surface area contributed by atoms with Crippen LogP contribution in [-0.2, 0) is 0 Å². The van der Waals surface area contributed by atoms with Crippen molar-refractivity contribution in [3.63, 3.8) is 0 Å². The van der Waals surface area contributed by atoms with Crippen molar-refractivity contribution in [1.82, 2.24) is 9.97 Å². The Morgan fingerprint density at radius 3 is 2.56 bits per heavy atom. The maximum absolute atomic E-state index is 4.17. The molecule has 0 aliphatic carbocycles. The van der Waals surface area contributed by atoms with E-state index in [1.807, 2.05) is 12.1 Å². The van der Waals surface area contributed by atoms with Crippen LogP contribution in [0, 0.1) is 0 Å². The van der Waals surface area contributed by atoms with Gasteiger partial charge in [0.05, 0.1) is 6.20 Å². The molecule has 0 saturated carbocycles. The fourth-order valence-electron chi connectivity index (χ4n) is 1.67. The molecule has 4 heteroatoms. The minimum absolute atomic E-state index is 0.751. The van der Waals surface area contributed by atoms with Crippen LogP contribution < -0.4 is 5.32 Å². The fourth-order valence-corrected chi connectivity index (χ4v) is 2.41. The monoisotopic (exact) mass is 253 g/mol. The number of aromatic nitrogens is 2. The normalized spacial score (nSPS) is 10.2. The zero-order chi connectivity index (χ0) is 12.2. The number of benzene rings is 1. The Labute approximate surface area is 109 Å². The van der Waals surface area contributed by atoms with Crippen LogP contribution >= 0.6 is 11.3 Å². The van der Waals surface area contributed by atoms with Gasteiger partial charge in [0, 0.05) is 23.0 Å². The Morgan fingerprint density at radius 1 is 1.00 bits per heavy atom. The number of hydrogen-bond donors (Lipinski definition) is 1. The first kappa shape index (κ1) is 10.9. The highest BCUT2D eigenvalue weighted by Crippen LogP contribution is 2.26. The Balaban J connectivity index is 1.80. The predicted molar refractivity (Wildman–Crippen MR) is 75.1 cm³/mol. The molecule has 0 amide bonds. The van der Waals surface area contributed by atoms with Gasteiger partial charge in [-0.05, 0) is 29.1 Å². The Bertz CT molecular complexity index is 603. The molecule has 0 radical (unpaired) electrons. The maximum atomic E-state index is 4.17. The van der Waals surface area contributed by atoms with Gasteiger partial charge in [0.15, 0.2) is 0 Å². The van der Waals surface area contributed by atoms with Crippen molar-refractivity contribution < 1.29 is 0 Å². The summed E-state index contributed by atoms with van der Waals surface area (Å²) in [4.78, 5) is 9.47. The van der Waals surface area contributed by atoms with Gasteiger partial charge in [-0.2, -0.15) is 0 Å². The molecule has 3 rings (SSSR count). The topological polar surface area (TPSA) is 37.8 Å². The highest BCUT2D eigenvalue weighted by atomic mass is 32.1. The summed E-state index contributed by atoms with van der Waals surface area (Å²) in [6.45, 7) is 0. The van der Waals surface area contributed by atoms with Crippen LogP contribution in [0.15, 0.2) is 60.4 Å². The van der Waals surface area contributed by atoms with Crippen molar-refractivity contribution in [3.8, 4) is 10.4 Å². The first-order valence-electron chi connectivity index (χ1n) is 5.59. The molecule has 1 aromatic carbocycles. The van der Waals surface area contributed by atoms with Crippen molar-refractivity contribution >= 4 is 22.8 Å². The number of nitrogens with zero attached hydrogens (tertiary/aromatic N) is 2. The number of nitrogens with one attached hydrogen (secondary N) is 1. The van der Waals surface area contributed by atoms with E-state index in [1.165, 1.54) is 10.4 Å². The van der Waals surface area contributed by atoms with Crippen molar-refractivity contribution in [2.75, 3.05) is 5.32 Å². The molecule has 0 aliphatic rings. The third-order valence-electron chi connectivity index (χ3n) is 2.53. The summed E-state index contributed by atoms with van der Waals surface area (Å²) in [5.74, 6) is 0.751. The number of thiophene rings is 1. The molecule has 0 atom stereocenters. The van der Waals surface area contributed by atoms with Crippen LogP contribution in [0.5, 0.6) is 0 Å². The summed E-state index contributed by atoms with van der Waals surface area (Å²) < 4.78 is 0. The first-order chi connectivity index (χ1) is 8.92. The highest BCUT2D eigenvalue weighted by Gasteiger charge is 1.99. The molecule has 0 fully saturated rings. The second-order valence-electron chi connectivity index (χ2n) is 3.77. The number of anilines is 2. The summed E-state index contributed by atoms with van der Waals surface area (Å²) in [7, 11) is 0. The van der Waals surface area contributed by atoms with Gasteiger partial charge >= 0.3 is 0 Å². The molecule has 1 N–H and O–H groups in total. The number of hydrogen-bond acceptors (Lipinski definition) is 4. The Hall–Kier alpha value is -2.20. The second kappa shape index (κ2) is 4.98. The lowest BCUT2D eigenvalue weighted by atomic mass is 10.2. The van der Waals surface area contributed by atoms with Crippen molar-refractivity contribution in [3.05, 3.63) is 60.4 Å². The minimum Gasteiger partial charge on any atom is -0.339 e. The van der Waals surface area contributed by atoms with Crippen LogP contribution in [-0.4, -0.2) is 9.97 Å². The highest BCUT2D eigenvalue weighted by molar-refractivity contribution is 7.13. The van der Waals surface area contributed by atoms with E-state index < -0.39 is 0 Å². The molecule has 3 nitrogen and oxygen atoms in total. The van der Waals surface area contributed by atoms with E-state index in [0.717, 1.165) is 11.5 Å². The maximum Gasteiger partial charge on any atom is 0.148 e. The van der Waals surface area contributed by atoms with Gasteiger partial charge < -0.3 is 5.32 Å². The molecule has 2 heterocycles. The van der Waals surface area contributed by atoms with Crippen LogP contribution in [0.1, 0.15) is 0 Å². The Morgan fingerprint density at radius 2 is 1.89 bits per heavy atom. The molecular weight excluding hydrogens is 242 g/mol. The Kier molecular flexibility index (Phi) is 3.02. The second-order valence-corrected chi connectivity index (χ2v) is 4.72. The molecule has 3 aromatic rings. The summed E-state index contributed by atoms with van der Waals surface area (Å²) in [6.07, 6.45) is 5.03. The molecule has 2 aromatic heterocycles. The lowest BCUT2D eigenvalue weighted by molar-refractivity contribution is 1.20. The van der Waals surface area contributed by atoms with Gasteiger partial charge in [-0.1, -0.05) is 18.2 Å². The SMILES string of the molecule is c1csc(-c2ccc(Nc3cnccn3)cc2)c1. The largest absolute Gasteiger partial charge is 0.339 e. The smallest absolute Gasteiger partial charge is 0.148 e. The van der Waals surface area contributed by atoms with Crippen molar-refractivity contribution in [2.45, 2.75) is 0 Å². The average molecular weight is 253 g/mol. The number of rotatable bonds is 3. The van der Waals surface area contributed by atoms with Gasteiger partial charge in [-0.15, -0.1) is 11.3 Å². The standard InChI is InChI=1S/C14H11N3S/c1-2-13(18-9-1)11-3-5-12(6-4-11)17-14-10-15-7-8-16-14/h1-10H,(H,16,17). The minimum atomic E-state index is 0.751. The molecule has 18 heavy (non-hydrogen) atoms. The van der Waals surface area contributed by atoms with Crippen LogP contribution in [0.2, 0.25) is 0 Å². The lowest BCUT2D eigenvalue weighted by Crippen LogP contribution is -1.93. The van der Waals surface area contributed by atoms with E-state index in [1.54, 1.807) is 29.9 Å². The summed E-state index contributed by atoms with van der Waals surface area (Å²) >= 11 is 1.74. The van der Waals surface area contributed by atoms with E-state index >= 15 is 0 Å². The molecular formula is C14H11N3S. The lowest BCUT2D eigenvalue weighted by Gasteiger charge is -2.05. The zero-order valence-electron chi connectivity index (χ0n) is 9.58. The van der Waals surface area contributed by atoms with Gasteiger partial charge in [0.1, 0.15) is 5.82 Å². The predicted octanol–water partition coefficient (Wildman–Crippen LogP) is 3.95. The summed E-state index contributed by atoms with van der Waals surface area (Å²) in [5, 5.41) is 5.29. The molecule has 0 aliphatic heterocycles. The van der Waals surface area contributed by atoms with Crippen LogP contribution in [0.4, 0.5) is 11.5 Å².